The van der Waals surface area contributed by atoms with Crippen molar-refractivity contribution in [2.24, 2.45) is 0 Å². The molecule has 0 unspecified atom stereocenters. The lowest BCUT2D eigenvalue weighted by atomic mass is 10.1. The minimum Gasteiger partial charge on any atom is -0.442 e. The number of carbonyl (C=O) groups excluding carboxylic acids is 1. The molecule has 88 valence electrons. The van der Waals surface area contributed by atoms with Gasteiger partial charge >= 0.3 is 0 Å². The molecule has 1 aromatic heterocycles. The van der Waals surface area contributed by atoms with Gasteiger partial charge in [0.1, 0.15) is 0 Å². The van der Waals surface area contributed by atoms with Crippen molar-refractivity contribution in [2.75, 3.05) is 0 Å². The minimum atomic E-state index is 0.00725. The fourth-order valence-corrected chi connectivity index (χ4v) is 1.83. The Labute approximate surface area is 105 Å². The summed E-state index contributed by atoms with van der Waals surface area (Å²) in [7, 11) is 0. The van der Waals surface area contributed by atoms with Crippen LogP contribution < -0.4 is 0 Å². The zero-order chi connectivity index (χ0) is 12.1. The van der Waals surface area contributed by atoms with Gasteiger partial charge in [0.05, 0.1) is 0 Å². The Morgan fingerprint density at radius 3 is 2.53 bits per heavy atom. The minimum absolute atomic E-state index is 0.00725. The van der Waals surface area contributed by atoms with Gasteiger partial charge in [-0.15, -0.1) is 0 Å². The Morgan fingerprint density at radius 1 is 1.12 bits per heavy atom. The first-order chi connectivity index (χ1) is 8.25. The molecule has 0 fully saturated rings. The molecular formula is C14H13ClO2. The highest BCUT2D eigenvalue weighted by Crippen LogP contribution is 2.16. The molecule has 1 aromatic carbocycles. The highest BCUT2D eigenvalue weighted by atomic mass is 35.5. The van der Waals surface area contributed by atoms with Crippen LogP contribution in [0.5, 0.6) is 0 Å². The summed E-state index contributed by atoms with van der Waals surface area (Å²) in [5.74, 6) is 0.357. The fourth-order valence-electron chi connectivity index (χ4n) is 1.69. The maximum Gasteiger partial charge on any atom is 0.198 e. The van der Waals surface area contributed by atoms with Crippen LogP contribution in [0.2, 0.25) is 5.22 Å². The van der Waals surface area contributed by atoms with Gasteiger partial charge in [-0.1, -0.05) is 30.3 Å². The predicted octanol–water partition coefficient (Wildman–Crippen LogP) is 4.14. The predicted molar refractivity (Wildman–Crippen MR) is 67.4 cm³/mol. The van der Waals surface area contributed by atoms with Crippen molar-refractivity contribution in [2.45, 2.75) is 19.3 Å². The van der Waals surface area contributed by atoms with E-state index in [9.17, 15) is 4.79 Å². The van der Waals surface area contributed by atoms with Crippen LogP contribution in [0.1, 0.15) is 29.0 Å². The van der Waals surface area contributed by atoms with Crippen LogP contribution in [0.15, 0.2) is 46.9 Å². The number of benzene rings is 1. The SMILES string of the molecule is O=C(CCCc1ccccc1)c1ccc(Cl)o1. The number of aryl methyl sites for hydroxylation is 1. The molecule has 3 heteroatoms. The van der Waals surface area contributed by atoms with E-state index < -0.39 is 0 Å². The molecule has 0 spiro atoms. The van der Waals surface area contributed by atoms with Gasteiger partial charge in [0.25, 0.3) is 0 Å². The number of carbonyl (C=O) groups is 1. The average molecular weight is 249 g/mol. The molecule has 0 amide bonds. The topological polar surface area (TPSA) is 30.2 Å². The summed E-state index contributed by atoms with van der Waals surface area (Å²) < 4.78 is 5.06. The Bertz CT molecular complexity index is 488. The van der Waals surface area contributed by atoms with E-state index in [4.69, 9.17) is 16.0 Å². The first kappa shape index (κ1) is 11.9. The van der Waals surface area contributed by atoms with Crippen molar-refractivity contribution >= 4 is 17.4 Å². The molecular weight excluding hydrogens is 236 g/mol. The van der Waals surface area contributed by atoms with Gasteiger partial charge in [-0.2, -0.15) is 0 Å². The van der Waals surface area contributed by atoms with Crippen molar-refractivity contribution in [1.82, 2.24) is 0 Å². The summed E-state index contributed by atoms with van der Waals surface area (Å²) >= 11 is 5.62. The van der Waals surface area contributed by atoms with Crippen LogP contribution in [-0.2, 0) is 6.42 Å². The first-order valence-corrected chi connectivity index (χ1v) is 5.96. The second kappa shape index (κ2) is 5.69. The van der Waals surface area contributed by atoms with Crippen molar-refractivity contribution in [3.05, 3.63) is 59.0 Å². The van der Waals surface area contributed by atoms with Crippen LogP contribution >= 0.6 is 11.6 Å². The summed E-state index contributed by atoms with van der Waals surface area (Å²) in [4.78, 5) is 11.7. The summed E-state index contributed by atoms with van der Waals surface area (Å²) in [5.41, 5.74) is 1.25. The van der Waals surface area contributed by atoms with Crippen LogP contribution in [-0.4, -0.2) is 5.78 Å². The highest BCUT2D eigenvalue weighted by Gasteiger charge is 2.09. The standard InChI is InChI=1S/C14H13ClO2/c15-14-10-9-13(17-14)12(16)8-4-7-11-5-2-1-3-6-11/h1-3,5-6,9-10H,4,7-8H2. The number of rotatable bonds is 5. The van der Waals surface area contributed by atoms with Crippen LogP contribution in [0, 0.1) is 0 Å². The van der Waals surface area contributed by atoms with E-state index >= 15 is 0 Å². The molecule has 0 N–H and O–H groups in total. The monoisotopic (exact) mass is 248 g/mol. The van der Waals surface area contributed by atoms with Crippen molar-refractivity contribution in [3.63, 3.8) is 0 Å². The lowest BCUT2D eigenvalue weighted by Gasteiger charge is -1.99. The van der Waals surface area contributed by atoms with Gasteiger partial charge in [0.2, 0.25) is 0 Å². The second-order valence-electron chi connectivity index (χ2n) is 3.87. The van der Waals surface area contributed by atoms with E-state index in [0.29, 0.717) is 12.2 Å². The molecule has 0 aliphatic rings. The molecule has 0 saturated carbocycles. The first-order valence-electron chi connectivity index (χ1n) is 5.58. The third-order valence-corrected chi connectivity index (χ3v) is 2.76. The number of hydrogen-bond acceptors (Lipinski definition) is 2. The normalized spacial score (nSPS) is 10.4. The molecule has 0 radical (unpaired) electrons. The maximum absolute atomic E-state index is 11.7. The Kier molecular flexibility index (Phi) is 3.99. The van der Waals surface area contributed by atoms with Crippen LogP contribution in [0.25, 0.3) is 0 Å². The Hall–Kier alpha value is -1.54. The zero-order valence-electron chi connectivity index (χ0n) is 9.36. The number of furan rings is 1. The van der Waals surface area contributed by atoms with Crippen molar-refractivity contribution < 1.29 is 9.21 Å². The van der Waals surface area contributed by atoms with Gasteiger partial charge in [0, 0.05) is 6.42 Å². The second-order valence-corrected chi connectivity index (χ2v) is 4.24. The molecule has 0 aliphatic heterocycles. The van der Waals surface area contributed by atoms with Gasteiger partial charge in [0.15, 0.2) is 16.8 Å². The molecule has 17 heavy (non-hydrogen) atoms. The summed E-state index contributed by atoms with van der Waals surface area (Å²) in [6, 6.07) is 13.3. The molecule has 0 saturated heterocycles. The van der Waals surface area contributed by atoms with Gasteiger partial charge < -0.3 is 4.42 Å². The van der Waals surface area contributed by atoms with Crippen LogP contribution in [0.3, 0.4) is 0 Å². The Morgan fingerprint density at radius 2 is 1.88 bits per heavy atom. The third kappa shape index (κ3) is 3.46. The molecule has 0 atom stereocenters. The largest absolute Gasteiger partial charge is 0.442 e. The van der Waals surface area contributed by atoms with Crippen LogP contribution in [0.4, 0.5) is 0 Å². The summed E-state index contributed by atoms with van der Waals surface area (Å²) in [6.45, 7) is 0. The maximum atomic E-state index is 11.7. The lowest BCUT2D eigenvalue weighted by Crippen LogP contribution is -1.98. The quantitative estimate of drug-likeness (QED) is 0.745. The van der Waals surface area contributed by atoms with Crippen molar-refractivity contribution in [3.8, 4) is 0 Å². The number of hydrogen-bond donors (Lipinski definition) is 0. The molecule has 2 rings (SSSR count). The molecule has 0 bridgehead atoms. The van der Waals surface area contributed by atoms with E-state index in [0.717, 1.165) is 12.8 Å². The zero-order valence-corrected chi connectivity index (χ0v) is 10.1. The molecule has 2 nitrogen and oxygen atoms in total. The average Bonchev–Trinajstić information content (AvgIpc) is 2.77. The van der Waals surface area contributed by atoms with Gasteiger partial charge in [-0.05, 0) is 42.1 Å². The number of ketones is 1. The number of Topliss-reactive ketones (excluding diaryl/α,β-unsaturated/α-hetero) is 1. The lowest BCUT2D eigenvalue weighted by molar-refractivity contribution is 0.0953. The third-order valence-electron chi connectivity index (χ3n) is 2.56. The molecule has 1 heterocycles. The van der Waals surface area contributed by atoms with E-state index in [-0.39, 0.29) is 11.0 Å². The van der Waals surface area contributed by atoms with E-state index in [2.05, 4.69) is 12.1 Å². The summed E-state index contributed by atoms with van der Waals surface area (Å²) in [5, 5.41) is 0.261. The molecule has 0 aliphatic carbocycles. The smallest absolute Gasteiger partial charge is 0.198 e. The molecule has 2 aromatic rings. The van der Waals surface area contributed by atoms with E-state index in [1.54, 1.807) is 12.1 Å². The Balaban J connectivity index is 1.81. The highest BCUT2D eigenvalue weighted by molar-refractivity contribution is 6.29. The fraction of sp³-hybridized carbons (Fsp3) is 0.214. The number of halogens is 1. The van der Waals surface area contributed by atoms with E-state index in [1.807, 2.05) is 18.2 Å². The van der Waals surface area contributed by atoms with Gasteiger partial charge in [-0.25, -0.2) is 0 Å². The van der Waals surface area contributed by atoms with E-state index in [1.165, 1.54) is 5.56 Å². The van der Waals surface area contributed by atoms with Gasteiger partial charge in [-0.3, -0.25) is 4.79 Å². The summed E-state index contributed by atoms with van der Waals surface area (Å²) in [6.07, 6.45) is 2.21. The van der Waals surface area contributed by atoms with Crippen molar-refractivity contribution in [1.29, 1.82) is 0 Å².